The molecule has 104 valence electrons. The van der Waals surface area contributed by atoms with Gasteiger partial charge in [0.15, 0.2) is 0 Å². The molecule has 19 heavy (non-hydrogen) atoms. The van der Waals surface area contributed by atoms with E-state index in [2.05, 4.69) is 37.2 Å². The van der Waals surface area contributed by atoms with Crippen molar-refractivity contribution in [2.24, 2.45) is 5.92 Å². The molecular formula is C12H14Br2N2O3. The van der Waals surface area contributed by atoms with Crippen molar-refractivity contribution in [1.29, 1.82) is 0 Å². The maximum atomic E-state index is 10.7. The van der Waals surface area contributed by atoms with E-state index in [-0.39, 0.29) is 5.69 Å². The van der Waals surface area contributed by atoms with Crippen LogP contribution in [0.5, 0.6) is 5.75 Å². The standard InChI is InChI=1S/C12H14Br2N2O3/c13-10-5-9(16(17)18)6-11(14)12(10)19-7-8-1-3-15-4-2-8/h5-6,8,15H,1-4,7H2. The zero-order valence-corrected chi connectivity index (χ0v) is 13.4. The van der Waals surface area contributed by atoms with Crippen LogP contribution in [-0.2, 0) is 0 Å². The molecule has 1 fully saturated rings. The highest BCUT2D eigenvalue weighted by molar-refractivity contribution is 9.11. The summed E-state index contributed by atoms with van der Waals surface area (Å²) in [5.74, 6) is 1.17. The molecule has 1 aliphatic heterocycles. The summed E-state index contributed by atoms with van der Waals surface area (Å²) in [6.45, 7) is 2.68. The van der Waals surface area contributed by atoms with Gasteiger partial charge in [0.1, 0.15) is 5.75 Å². The van der Waals surface area contributed by atoms with Gasteiger partial charge in [0.05, 0.1) is 20.5 Å². The maximum Gasteiger partial charge on any atom is 0.271 e. The van der Waals surface area contributed by atoms with Crippen molar-refractivity contribution >= 4 is 37.5 Å². The number of piperidine rings is 1. The van der Waals surface area contributed by atoms with Crippen LogP contribution in [0.25, 0.3) is 0 Å². The van der Waals surface area contributed by atoms with Crippen molar-refractivity contribution in [2.45, 2.75) is 12.8 Å². The third-order valence-electron chi connectivity index (χ3n) is 3.12. The lowest BCUT2D eigenvalue weighted by molar-refractivity contribution is -0.385. The molecule has 0 spiro atoms. The summed E-state index contributed by atoms with van der Waals surface area (Å²) in [6.07, 6.45) is 2.20. The molecule has 0 saturated carbocycles. The molecule has 0 radical (unpaired) electrons. The van der Waals surface area contributed by atoms with Gasteiger partial charge in [-0.2, -0.15) is 0 Å². The van der Waals surface area contributed by atoms with Gasteiger partial charge >= 0.3 is 0 Å². The minimum atomic E-state index is -0.424. The van der Waals surface area contributed by atoms with Crippen molar-refractivity contribution in [1.82, 2.24) is 5.32 Å². The van der Waals surface area contributed by atoms with Crippen LogP contribution in [0.2, 0.25) is 0 Å². The summed E-state index contributed by atoms with van der Waals surface area (Å²) in [4.78, 5) is 10.3. The number of nitrogens with one attached hydrogen (secondary N) is 1. The average molecular weight is 394 g/mol. The van der Waals surface area contributed by atoms with Crippen LogP contribution in [0, 0.1) is 16.0 Å². The molecule has 1 aliphatic rings. The number of hydrogen-bond donors (Lipinski definition) is 1. The van der Waals surface area contributed by atoms with Crippen molar-refractivity contribution in [2.75, 3.05) is 19.7 Å². The Balaban J connectivity index is 2.05. The van der Waals surface area contributed by atoms with Gasteiger partial charge in [-0.1, -0.05) is 0 Å². The first kappa shape index (κ1) is 14.7. The molecule has 1 saturated heterocycles. The summed E-state index contributed by atoms with van der Waals surface area (Å²) < 4.78 is 7.00. The fourth-order valence-electron chi connectivity index (χ4n) is 2.04. The van der Waals surface area contributed by atoms with Crippen molar-refractivity contribution in [3.63, 3.8) is 0 Å². The second-order valence-electron chi connectivity index (χ2n) is 4.50. The molecule has 1 N–H and O–H groups in total. The number of ether oxygens (including phenoxy) is 1. The molecule has 0 unspecified atom stereocenters. The monoisotopic (exact) mass is 392 g/mol. The lowest BCUT2D eigenvalue weighted by Gasteiger charge is -2.23. The summed E-state index contributed by atoms with van der Waals surface area (Å²) >= 11 is 6.64. The highest BCUT2D eigenvalue weighted by atomic mass is 79.9. The van der Waals surface area contributed by atoms with Crippen LogP contribution in [0.3, 0.4) is 0 Å². The first-order valence-corrected chi connectivity index (χ1v) is 7.63. The summed E-state index contributed by atoms with van der Waals surface area (Å²) in [5.41, 5.74) is 0.0352. The van der Waals surface area contributed by atoms with E-state index in [1.165, 1.54) is 12.1 Å². The van der Waals surface area contributed by atoms with Crippen LogP contribution >= 0.6 is 31.9 Å². The lowest BCUT2D eigenvalue weighted by Crippen LogP contribution is -2.30. The normalized spacial score (nSPS) is 16.3. The number of rotatable bonds is 4. The first-order valence-electron chi connectivity index (χ1n) is 6.05. The Morgan fingerprint density at radius 1 is 1.32 bits per heavy atom. The Labute approximate surface area is 128 Å². The molecule has 2 rings (SSSR count). The van der Waals surface area contributed by atoms with Crippen LogP contribution in [0.15, 0.2) is 21.1 Å². The highest BCUT2D eigenvalue weighted by Gasteiger charge is 2.18. The van der Waals surface area contributed by atoms with Gasteiger partial charge in [0, 0.05) is 12.1 Å². The maximum absolute atomic E-state index is 10.7. The van der Waals surface area contributed by atoms with Crippen LogP contribution in [0.1, 0.15) is 12.8 Å². The molecule has 0 amide bonds. The molecule has 1 heterocycles. The Kier molecular flexibility index (Phi) is 5.18. The molecule has 5 nitrogen and oxygen atoms in total. The van der Waals surface area contributed by atoms with Gasteiger partial charge in [-0.25, -0.2) is 0 Å². The molecule has 1 aromatic carbocycles. The highest BCUT2D eigenvalue weighted by Crippen LogP contribution is 2.37. The van der Waals surface area contributed by atoms with Gasteiger partial charge in [0.2, 0.25) is 0 Å². The number of nitrogens with zero attached hydrogens (tertiary/aromatic N) is 1. The number of nitro benzene ring substituents is 1. The average Bonchev–Trinajstić information content (AvgIpc) is 2.38. The summed E-state index contributed by atoms with van der Waals surface area (Å²) in [6, 6.07) is 2.92. The molecule has 0 bridgehead atoms. The Morgan fingerprint density at radius 2 is 1.89 bits per heavy atom. The van der Waals surface area contributed by atoms with E-state index in [4.69, 9.17) is 4.74 Å². The third-order valence-corrected chi connectivity index (χ3v) is 4.29. The van der Waals surface area contributed by atoms with Gasteiger partial charge in [0.25, 0.3) is 5.69 Å². The zero-order chi connectivity index (χ0) is 13.8. The third kappa shape index (κ3) is 3.90. The molecule has 0 aromatic heterocycles. The SMILES string of the molecule is O=[N+]([O-])c1cc(Br)c(OCC2CCNCC2)c(Br)c1. The topological polar surface area (TPSA) is 64.4 Å². The number of halogens is 2. The second kappa shape index (κ2) is 6.67. The quantitative estimate of drug-likeness (QED) is 0.628. The molecular weight excluding hydrogens is 380 g/mol. The van der Waals surface area contributed by atoms with E-state index in [1.807, 2.05) is 0 Å². The number of nitro groups is 1. The molecule has 7 heteroatoms. The molecule has 0 aliphatic carbocycles. The van der Waals surface area contributed by atoms with Crippen molar-refractivity contribution in [3.05, 3.63) is 31.2 Å². The number of non-ortho nitro benzene ring substituents is 1. The van der Waals surface area contributed by atoms with Gasteiger partial charge in [-0.3, -0.25) is 10.1 Å². The fraction of sp³-hybridized carbons (Fsp3) is 0.500. The number of hydrogen-bond acceptors (Lipinski definition) is 4. The molecule has 0 atom stereocenters. The predicted octanol–water partition coefficient (Wildman–Crippen LogP) is 3.50. The van der Waals surface area contributed by atoms with E-state index >= 15 is 0 Å². The van der Waals surface area contributed by atoms with Gasteiger partial charge < -0.3 is 10.1 Å². The first-order chi connectivity index (χ1) is 9.08. The van der Waals surface area contributed by atoms with E-state index in [0.717, 1.165) is 25.9 Å². The van der Waals surface area contributed by atoms with Crippen LogP contribution in [-0.4, -0.2) is 24.6 Å². The Bertz CT molecular complexity index is 453. The lowest BCUT2D eigenvalue weighted by atomic mass is 9.99. The molecule has 1 aromatic rings. The van der Waals surface area contributed by atoms with Crippen LogP contribution in [0.4, 0.5) is 5.69 Å². The van der Waals surface area contributed by atoms with E-state index in [1.54, 1.807) is 0 Å². The largest absolute Gasteiger partial charge is 0.491 e. The van der Waals surface area contributed by atoms with Gasteiger partial charge in [-0.15, -0.1) is 0 Å². The summed E-state index contributed by atoms with van der Waals surface area (Å²) in [5, 5.41) is 14.0. The van der Waals surface area contributed by atoms with E-state index < -0.39 is 4.92 Å². The minimum Gasteiger partial charge on any atom is -0.491 e. The fourth-order valence-corrected chi connectivity index (χ4v) is 3.43. The Hall–Kier alpha value is -0.660. The minimum absolute atomic E-state index is 0.0352. The van der Waals surface area contributed by atoms with E-state index in [9.17, 15) is 10.1 Å². The van der Waals surface area contributed by atoms with Crippen molar-refractivity contribution < 1.29 is 9.66 Å². The van der Waals surface area contributed by atoms with Crippen molar-refractivity contribution in [3.8, 4) is 5.75 Å². The smallest absolute Gasteiger partial charge is 0.271 e. The number of benzene rings is 1. The Morgan fingerprint density at radius 3 is 2.42 bits per heavy atom. The van der Waals surface area contributed by atoms with Crippen LogP contribution < -0.4 is 10.1 Å². The summed E-state index contributed by atoms with van der Waals surface area (Å²) in [7, 11) is 0. The van der Waals surface area contributed by atoms with E-state index in [0.29, 0.717) is 27.2 Å². The predicted molar refractivity (Wildman–Crippen MR) is 79.6 cm³/mol. The zero-order valence-electron chi connectivity index (χ0n) is 10.2. The van der Waals surface area contributed by atoms with Gasteiger partial charge in [-0.05, 0) is 63.7 Å². The second-order valence-corrected chi connectivity index (χ2v) is 6.21.